The predicted octanol–water partition coefficient (Wildman–Crippen LogP) is 7.98. The summed E-state index contributed by atoms with van der Waals surface area (Å²) in [6.45, 7) is 6.07. The Balaban J connectivity index is 1.23. The Hall–Kier alpha value is -3.12. The second-order valence-electron chi connectivity index (χ2n) is 10.4. The fourth-order valence-electron chi connectivity index (χ4n) is 6.03. The van der Waals surface area contributed by atoms with Gasteiger partial charge in [-0.25, -0.2) is 4.79 Å². The summed E-state index contributed by atoms with van der Waals surface area (Å²) < 4.78 is 6.42. The van der Waals surface area contributed by atoms with Crippen LogP contribution in [0.4, 0.5) is 0 Å². The first-order chi connectivity index (χ1) is 19.1. The molecule has 5 unspecified atom stereocenters. The van der Waals surface area contributed by atoms with Crippen LogP contribution in [0.15, 0.2) is 103 Å². The number of nitrogens with zero attached hydrogens (tertiary/aromatic N) is 2. The molecule has 0 radical (unpaired) electrons. The van der Waals surface area contributed by atoms with Crippen LogP contribution in [-0.2, 0) is 10.5 Å². The van der Waals surface area contributed by atoms with Crippen molar-refractivity contribution < 1.29 is 9.53 Å². The third-order valence-corrected chi connectivity index (χ3v) is 9.47. The number of esters is 1. The molecule has 5 atom stereocenters. The molecule has 1 aromatic heterocycles. The van der Waals surface area contributed by atoms with Gasteiger partial charge in [0.1, 0.15) is 6.10 Å². The molecule has 4 nitrogen and oxygen atoms in total. The van der Waals surface area contributed by atoms with E-state index in [9.17, 15) is 4.79 Å². The molecule has 0 N–H and O–H groups in total. The zero-order valence-corrected chi connectivity index (χ0v) is 23.3. The van der Waals surface area contributed by atoms with E-state index in [1.54, 1.807) is 11.8 Å². The third-order valence-electron chi connectivity index (χ3n) is 8.14. The van der Waals surface area contributed by atoms with E-state index in [1.807, 2.05) is 79.0 Å². The van der Waals surface area contributed by atoms with Crippen molar-refractivity contribution in [3.05, 3.63) is 119 Å². The Kier molecular flexibility index (Phi) is 7.73. The van der Waals surface area contributed by atoms with Gasteiger partial charge in [0.15, 0.2) is 0 Å². The molecule has 4 heterocycles. The summed E-state index contributed by atoms with van der Waals surface area (Å²) in [5, 5.41) is 1.77. The lowest BCUT2D eigenvalue weighted by molar-refractivity contribution is -0.0568. The number of halogens is 1. The van der Waals surface area contributed by atoms with Gasteiger partial charge in [0, 0.05) is 39.4 Å². The summed E-state index contributed by atoms with van der Waals surface area (Å²) in [6.07, 6.45) is 5.71. The molecule has 3 fully saturated rings. The van der Waals surface area contributed by atoms with Crippen molar-refractivity contribution in [1.82, 2.24) is 9.88 Å². The van der Waals surface area contributed by atoms with E-state index in [0.717, 1.165) is 57.2 Å². The topological polar surface area (TPSA) is 42.4 Å². The average Bonchev–Trinajstić information content (AvgIpc) is 2.99. The van der Waals surface area contributed by atoms with Crippen LogP contribution in [0, 0.1) is 11.8 Å². The molecule has 3 saturated heterocycles. The number of hydrogen-bond donors (Lipinski definition) is 0. The number of piperidine rings is 3. The highest BCUT2D eigenvalue weighted by Crippen LogP contribution is 2.43. The Bertz CT molecular complexity index is 1470. The lowest BCUT2D eigenvalue weighted by Gasteiger charge is -2.51. The molecule has 0 aliphatic carbocycles. The Morgan fingerprint density at radius 3 is 2.64 bits per heavy atom. The molecule has 0 amide bonds. The smallest absolute Gasteiger partial charge is 0.338 e. The highest BCUT2D eigenvalue weighted by molar-refractivity contribution is 7.98. The summed E-state index contributed by atoms with van der Waals surface area (Å²) >= 11 is 7.74. The fourth-order valence-corrected chi connectivity index (χ4v) is 7.01. The minimum atomic E-state index is -0.376. The molecule has 7 rings (SSSR count). The fraction of sp³-hybridized carbons (Fsp3) is 0.273. The molecule has 0 saturated carbocycles. The molecule has 4 aromatic rings. The minimum Gasteiger partial charge on any atom is -0.452 e. The second-order valence-corrected chi connectivity index (χ2v) is 11.9. The second kappa shape index (κ2) is 11.5. The van der Waals surface area contributed by atoms with Gasteiger partial charge in [0.25, 0.3) is 0 Å². The largest absolute Gasteiger partial charge is 0.452 e. The molecule has 2 bridgehead atoms. The maximum absolute atomic E-state index is 13.6. The Morgan fingerprint density at radius 2 is 1.90 bits per heavy atom. The number of ether oxygens (including phenoxy) is 1. The van der Waals surface area contributed by atoms with Gasteiger partial charge in [-0.05, 0) is 85.3 Å². The van der Waals surface area contributed by atoms with Crippen LogP contribution < -0.4 is 0 Å². The predicted molar refractivity (Wildman–Crippen MR) is 159 cm³/mol. The number of carbonyl (C=O) groups is 1. The molecular weight excluding hydrogens is 524 g/mol. The quantitative estimate of drug-likeness (QED) is 0.125. The van der Waals surface area contributed by atoms with E-state index in [1.165, 1.54) is 6.42 Å². The molecule has 6 heteroatoms. The van der Waals surface area contributed by atoms with Gasteiger partial charge in [0.2, 0.25) is 0 Å². The zero-order valence-electron chi connectivity index (χ0n) is 21.7. The van der Waals surface area contributed by atoms with Crippen LogP contribution in [0.25, 0.3) is 10.9 Å². The zero-order chi connectivity index (χ0) is 26.8. The van der Waals surface area contributed by atoms with Crippen molar-refractivity contribution >= 4 is 40.2 Å². The summed E-state index contributed by atoms with van der Waals surface area (Å²) in [4.78, 5) is 21.8. The molecule has 198 valence electrons. The highest BCUT2D eigenvalue weighted by atomic mass is 35.5. The first kappa shape index (κ1) is 26.1. The van der Waals surface area contributed by atoms with Crippen LogP contribution >= 0.6 is 23.4 Å². The molecule has 3 aliphatic rings. The number of hydrogen-bond acceptors (Lipinski definition) is 5. The van der Waals surface area contributed by atoms with E-state index in [2.05, 4.69) is 28.6 Å². The van der Waals surface area contributed by atoms with Gasteiger partial charge < -0.3 is 4.74 Å². The summed E-state index contributed by atoms with van der Waals surface area (Å²) in [7, 11) is 0. The SMILES string of the molecule is C=CC1CN2CCC1CC2C(OC(=O)c1ccc(CSc2ccc(Cl)cc2)cc1)c1ccnc2ccccc12. The summed E-state index contributed by atoms with van der Waals surface area (Å²) in [5.41, 5.74) is 3.66. The van der Waals surface area contributed by atoms with Crippen LogP contribution in [0.2, 0.25) is 5.02 Å². The molecule has 0 spiro atoms. The monoisotopic (exact) mass is 554 g/mol. The van der Waals surface area contributed by atoms with Crippen molar-refractivity contribution in [2.75, 3.05) is 13.1 Å². The van der Waals surface area contributed by atoms with Gasteiger partial charge in [0.05, 0.1) is 17.1 Å². The van der Waals surface area contributed by atoms with Gasteiger partial charge in [-0.1, -0.05) is 48.0 Å². The Labute approximate surface area is 239 Å². The van der Waals surface area contributed by atoms with Crippen LogP contribution in [0.5, 0.6) is 0 Å². The minimum absolute atomic E-state index is 0.129. The van der Waals surface area contributed by atoms with E-state index in [0.29, 0.717) is 17.4 Å². The standard InChI is InChI=1S/C33H31ClN2O2S/c1-2-23-20-36-18-16-25(23)19-31(36)32(29-15-17-35-30-6-4-3-5-28(29)30)38-33(37)24-9-7-22(8-10-24)21-39-27-13-11-26(34)12-14-27/h2-15,17,23,25,31-32H,1,16,18-21H2. The van der Waals surface area contributed by atoms with E-state index >= 15 is 0 Å². The van der Waals surface area contributed by atoms with Crippen molar-refractivity contribution in [2.24, 2.45) is 11.8 Å². The number of benzene rings is 3. The Morgan fingerprint density at radius 1 is 1.10 bits per heavy atom. The van der Waals surface area contributed by atoms with E-state index in [4.69, 9.17) is 16.3 Å². The normalized spacial score (nSPS) is 22.9. The molecule has 3 aromatic carbocycles. The lowest BCUT2D eigenvalue weighted by Crippen LogP contribution is -2.55. The van der Waals surface area contributed by atoms with E-state index in [-0.39, 0.29) is 18.1 Å². The first-order valence-electron chi connectivity index (χ1n) is 13.5. The van der Waals surface area contributed by atoms with Gasteiger partial charge >= 0.3 is 5.97 Å². The number of carbonyl (C=O) groups excluding carboxylic acids is 1. The van der Waals surface area contributed by atoms with Gasteiger partial charge in [-0.2, -0.15) is 0 Å². The van der Waals surface area contributed by atoms with Crippen LogP contribution in [0.3, 0.4) is 0 Å². The number of fused-ring (bicyclic) bond motifs is 4. The maximum atomic E-state index is 13.6. The van der Waals surface area contributed by atoms with Crippen LogP contribution in [-0.4, -0.2) is 35.0 Å². The lowest BCUT2D eigenvalue weighted by atomic mass is 9.73. The average molecular weight is 555 g/mol. The van der Waals surface area contributed by atoms with Gasteiger partial charge in [-0.3, -0.25) is 9.88 Å². The van der Waals surface area contributed by atoms with E-state index < -0.39 is 0 Å². The molecular formula is C33H31ClN2O2S. The van der Waals surface area contributed by atoms with Gasteiger partial charge in [-0.15, -0.1) is 18.3 Å². The van der Waals surface area contributed by atoms with Crippen molar-refractivity contribution in [2.45, 2.75) is 35.6 Å². The number of rotatable bonds is 8. The highest BCUT2D eigenvalue weighted by Gasteiger charge is 2.44. The van der Waals surface area contributed by atoms with Crippen molar-refractivity contribution in [3.8, 4) is 0 Å². The summed E-state index contributed by atoms with van der Waals surface area (Å²) in [5.74, 6) is 1.59. The molecule has 3 aliphatic heterocycles. The summed E-state index contributed by atoms with van der Waals surface area (Å²) in [6, 6.07) is 25.9. The van der Waals surface area contributed by atoms with Crippen molar-refractivity contribution in [1.29, 1.82) is 0 Å². The number of thioether (sulfide) groups is 1. The number of aromatic nitrogens is 1. The maximum Gasteiger partial charge on any atom is 0.338 e. The third kappa shape index (κ3) is 5.62. The van der Waals surface area contributed by atoms with Crippen molar-refractivity contribution in [3.63, 3.8) is 0 Å². The first-order valence-corrected chi connectivity index (χ1v) is 14.8. The number of para-hydroxylation sites is 1. The van der Waals surface area contributed by atoms with Crippen LogP contribution in [0.1, 0.15) is 40.4 Å². The molecule has 39 heavy (non-hydrogen) atoms. The number of pyridine rings is 1.